The smallest absolute Gasteiger partial charge is 0.387 e. The van der Waals surface area contributed by atoms with Gasteiger partial charge in [0.25, 0.3) is 0 Å². The van der Waals surface area contributed by atoms with Gasteiger partial charge in [-0.3, -0.25) is 0 Å². The highest BCUT2D eigenvalue weighted by Crippen LogP contribution is 2.44. The van der Waals surface area contributed by atoms with Gasteiger partial charge in [0.15, 0.2) is 0 Å². The molecule has 3 heteroatoms. The predicted octanol–water partition coefficient (Wildman–Crippen LogP) is 9.90. The van der Waals surface area contributed by atoms with Crippen molar-refractivity contribution in [3.8, 4) is 5.75 Å². The van der Waals surface area contributed by atoms with Crippen LogP contribution in [0.25, 0.3) is 0 Å². The van der Waals surface area contributed by atoms with Crippen molar-refractivity contribution in [3.63, 3.8) is 0 Å². The zero-order valence-corrected chi connectivity index (χ0v) is 20.4. The lowest BCUT2D eigenvalue weighted by molar-refractivity contribution is -0.0498. The number of benzene rings is 1. The minimum Gasteiger partial charge on any atom is -0.435 e. The van der Waals surface area contributed by atoms with E-state index >= 15 is 0 Å². The monoisotopic (exact) mass is 448 g/mol. The summed E-state index contributed by atoms with van der Waals surface area (Å²) in [5.74, 6) is 3.72. The van der Waals surface area contributed by atoms with Crippen LogP contribution in [0, 0.1) is 17.8 Å². The zero-order valence-electron chi connectivity index (χ0n) is 20.4. The summed E-state index contributed by atoms with van der Waals surface area (Å²) in [7, 11) is 0. The first-order chi connectivity index (χ1) is 15.7. The predicted molar refractivity (Wildman–Crippen MR) is 130 cm³/mol. The Balaban J connectivity index is 1.27. The first-order valence-corrected chi connectivity index (χ1v) is 13.7. The van der Waals surface area contributed by atoms with Crippen LogP contribution in [0.15, 0.2) is 24.3 Å². The van der Waals surface area contributed by atoms with Crippen molar-refractivity contribution >= 4 is 0 Å². The Morgan fingerprint density at radius 1 is 0.719 bits per heavy atom. The summed E-state index contributed by atoms with van der Waals surface area (Å²) in [4.78, 5) is 0. The Hall–Kier alpha value is -1.12. The molecule has 1 aromatic rings. The number of ether oxygens (including phenoxy) is 1. The first-order valence-electron chi connectivity index (χ1n) is 13.7. The third-order valence-electron chi connectivity index (χ3n) is 8.37. The topological polar surface area (TPSA) is 9.23 Å². The molecule has 0 spiro atoms. The summed E-state index contributed by atoms with van der Waals surface area (Å²) >= 11 is 0. The average molecular weight is 449 g/mol. The molecular weight excluding hydrogens is 402 g/mol. The van der Waals surface area contributed by atoms with E-state index < -0.39 is 6.61 Å². The van der Waals surface area contributed by atoms with Crippen LogP contribution in [0.4, 0.5) is 8.78 Å². The van der Waals surface area contributed by atoms with Crippen LogP contribution >= 0.6 is 0 Å². The second-order valence-corrected chi connectivity index (χ2v) is 10.6. The molecule has 32 heavy (non-hydrogen) atoms. The molecule has 0 N–H and O–H groups in total. The van der Waals surface area contributed by atoms with E-state index in [1.807, 2.05) is 12.1 Å². The van der Waals surface area contributed by atoms with Gasteiger partial charge in [-0.1, -0.05) is 89.7 Å². The molecule has 1 nitrogen and oxygen atoms in total. The number of hydrogen-bond acceptors (Lipinski definition) is 1. The number of rotatable bonds is 13. The highest BCUT2D eigenvalue weighted by molar-refractivity contribution is 5.29. The van der Waals surface area contributed by atoms with Crippen LogP contribution in [0.3, 0.4) is 0 Å². The van der Waals surface area contributed by atoms with E-state index in [1.54, 1.807) is 12.1 Å². The van der Waals surface area contributed by atoms with Crippen molar-refractivity contribution in [1.29, 1.82) is 0 Å². The molecule has 0 unspecified atom stereocenters. The Bertz CT molecular complexity index is 598. The minimum atomic E-state index is -2.74. The SMILES string of the molecule is CCCCCCCCCCC1CCC(C2CCC(c3ccc(OC(F)F)cc3)CC2)CC1. The first kappa shape index (κ1) is 25.5. The molecule has 2 aliphatic carbocycles. The summed E-state index contributed by atoms with van der Waals surface area (Å²) in [6, 6.07) is 7.36. The lowest BCUT2D eigenvalue weighted by Crippen LogP contribution is -2.25. The zero-order chi connectivity index (χ0) is 22.6. The lowest BCUT2D eigenvalue weighted by Gasteiger charge is -2.38. The molecule has 182 valence electrons. The molecule has 0 saturated heterocycles. The largest absolute Gasteiger partial charge is 0.435 e. The van der Waals surface area contributed by atoms with E-state index in [0.717, 1.165) is 17.8 Å². The van der Waals surface area contributed by atoms with Gasteiger partial charge >= 0.3 is 6.61 Å². The van der Waals surface area contributed by atoms with Crippen molar-refractivity contribution in [2.45, 2.75) is 129 Å². The second kappa shape index (κ2) is 14.2. The van der Waals surface area contributed by atoms with E-state index in [2.05, 4.69) is 11.7 Å². The van der Waals surface area contributed by atoms with Gasteiger partial charge in [-0.05, 0) is 79.9 Å². The molecule has 0 aliphatic heterocycles. The average Bonchev–Trinajstić information content (AvgIpc) is 2.81. The second-order valence-electron chi connectivity index (χ2n) is 10.6. The molecule has 0 amide bonds. The number of hydrogen-bond donors (Lipinski definition) is 0. The Labute approximate surface area is 195 Å². The van der Waals surface area contributed by atoms with Gasteiger partial charge in [-0.25, -0.2) is 0 Å². The molecule has 0 aromatic heterocycles. The van der Waals surface area contributed by atoms with Gasteiger partial charge in [0, 0.05) is 0 Å². The summed E-state index contributed by atoms with van der Waals surface area (Å²) in [5.41, 5.74) is 1.29. The van der Waals surface area contributed by atoms with E-state index in [1.165, 1.54) is 115 Å². The van der Waals surface area contributed by atoms with E-state index in [9.17, 15) is 8.78 Å². The summed E-state index contributed by atoms with van der Waals surface area (Å²) in [5, 5.41) is 0. The van der Waals surface area contributed by atoms with Crippen molar-refractivity contribution in [1.82, 2.24) is 0 Å². The fraction of sp³-hybridized carbons (Fsp3) is 0.793. The highest BCUT2D eigenvalue weighted by atomic mass is 19.3. The molecule has 1 aromatic carbocycles. The van der Waals surface area contributed by atoms with Gasteiger partial charge in [-0.15, -0.1) is 0 Å². The van der Waals surface area contributed by atoms with Crippen molar-refractivity contribution in [2.24, 2.45) is 17.8 Å². The van der Waals surface area contributed by atoms with Gasteiger partial charge in [-0.2, -0.15) is 8.78 Å². The number of unbranched alkanes of at least 4 members (excludes halogenated alkanes) is 7. The van der Waals surface area contributed by atoms with Crippen molar-refractivity contribution in [2.75, 3.05) is 0 Å². The molecule has 0 radical (unpaired) electrons. The molecule has 2 aliphatic rings. The third kappa shape index (κ3) is 8.67. The summed E-state index contributed by atoms with van der Waals surface area (Å²) in [6.07, 6.45) is 23.9. The van der Waals surface area contributed by atoms with Crippen LogP contribution < -0.4 is 4.74 Å². The fourth-order valence-corrected chi connectivity index (χ4v) is 6.36. The molecule has 2 fully saturated rings. The Morgan fingerprint density at radius 2 is 1.25 bits per heavy atom. The summed E-state index contributed by atoms with van der Waals surface area (Å²) < 4.78 is 29.2. The number of alkyl halides is 2. The highest BCUT2D eigenvalue weighted by Gasteiger charge is 2.31. The molecule has 2 saturated carbocycles. The maximum absolute atomic E-state index is 12.3. The van der Waals surface area contributed by atoms with Gasteiger partial charge < -0.3 is 4.74 Å². The van der Waals surface area contributed by atoms with Crippen molar-refractivity contribution < 1.29 is 13.5 Å². The van der Waals surface area contributed by atoms with Crippen molar-refractivity contribution in [3.05, 3.63) is 29.8 Å². The molecule has 3 rings (SSSR count). The van der Waals surface area contributed by atoms with E-state index in [-0.39, 0.29) is 5.75 Å². The standard InChI is InChI=1S/C29H46F2O/c1-2-3-4-5-6-7-8-9-10-23-11-13-24(14-12-23)25-15-17-26(18-16-25)27-19-21-28(22-20-27)32-29(30)31/h19-26,29H,2-18H2,1H3. The maximum Gasteiger partial charge on any atom is 0.387 e. The third-order valence-corrected chi connectivity index (χ3v) is 8.37. The Morgan fingerprint density at radius 3 is 1.81 bits per heavy atom. The fourth-order valence-electron chi connectivity index (χ4n) is 6.36. The van der Waals surface area contributed by atoms with Crippen LogP contribution in [0.2, 0.25) is 0 Å². The summed E-state index contributed by atoms with van der Waals surface area (Å²) in [6.45, 7) is -0.454. The van der Waals surface area contributed by atoms with Crippen LogP contribution in [-0.4, -0.2) is 6.61 Å². The molecular formula is C29H46F2O. The maximum atomic E-state index is 12.3. The normalized spacial score (nSPS) is 26.4. The molecule has 0 atom stereocenters. The van der Waals surface area contributed by atoms with Gasteiger partial charge in [0.1, 0.15) is 5.75 Å². The quantitative estimate of drug-likeness (QED) is 0.273. The minimum absolute atomic E-state index is 0.265. The number of halogens is 2. The molecule has 0 heterocycles. The van der Waals surface area contributed by atoms with Gasteiger partial charge in [0.2, 0.25) is 0 Å². The van der Waals surface area contributed by atoms with Gasteiger partial charge in [0.05, 0.1) is 0 Å². The van der Waals surface area contributed by atoms with E-state index in [0.29, 0.717) is 5.92 Å². The van der Waals surface area contributed by atoms with Crippen LogP contribution in [-0.2, 0) is 0 Å². The molecule has 0 bridgehead atoms. The Kier molecular flexibility index (Phi) is 11.3. The van der Waals surface area contributed by atoms with Crippen LogP contribution in [0.1, 0.15) is 128 Å². The van der Waals surface area contributed by atoms with Crippen LogP contribution in [0.5, 0.6) is 5.75 Å². The lowest BCUT2D eigenvalue weighted by atomic mass is 9.68. The van der Waals surface area contributed by atoms with E-state index in [4.69, 9.17) is 0 Å².